The van der Waals surface area contributed by atoms with Crippen molar-refractivity contribution in [1.29, 1.82) is 0 Å². The minimum Gasteiger partial charge on any atom is -0.508 e. The number of aliphatic hydroxyl groups excluding tert-OH is 2. The Morgan fingerprint density at radius 2 is 1.90 bits per heavy atom. The smallest absolute Gasteiger partial charge is 0.255 e. The highest BCUT2D eigenvalue weighted by Crippen LogP contribution is 2.54. The molecule has 1 amide bonds. The molecule has 3 aliphatic rings. The lowest BCUT2D eigenvalue weighted by atomic mass is 9.57. The first kappa shape index (κ1) is 28.1. The highest BCUT2D eigenvalue weighted by molar-refractivity contribution is 6.24. The molecule has 2 aromatic rings. The topological polar surface area (TPSA) is 190 Å². The number of pyridine rings is 1. The Morgan fingerprint density at radius 3 is 2.49 bits per heavy atom. The van der Waals surface area contributed by atoms with Crippen LogP contribution in [0.5, 0.6) is 5.75 Å². The van der Waals surface area contributed by atoms with E-state index in [0.717, 1.165) is 5.56 Å². The van der Waals surface area contributed by atoms with Crippen LogP contribution < -0.4 is 16.0 Å². The number of phenols is 1. The zero-order chi connectivity index (χ0) is 30.0. The summed E-state index contributed by atoms with van der Waals surface area (Å²) in [4.78, 5) is 46.8. The van der Waals surface area contributed by atoms with Crippen LogP contribution in [0.2, 0.25) is 0 Å². The molecule has 41 heavy (non-hydrogen) atoms. The van der Waals surface area contributed by atoms with Crippen LogP contribution in [0, 0.1) is 11.8 Å². The molecule has 12 heteroatoms. The van der Waals surface area contributed by atoms with E-state index in [9.17, 15) is 34.8 Å². The van der Waals surface area contributed by atoms with Crippen molar-refractivity contribution in [1.82, 2.24) is 9.88 Å². The van der Waals surface area contributed by atoms with Crippen molar-refractivity contribution in [3.63, 3.8) is 0 Å². The minimum atomic E-state index is -2.68. The number of primary amides is 1. The van der Waals surface area contributed by atoms with E-state index in [1.165, 1.54) is 4.90 Å². The lowest BCUT2D eigenvalue weighted by molar-refractivity contribution is -0.153. The Hall–Kier alpha value is -4.42. The Kier molecular flexibility index (Phi) is 6.79. The van der Waals surface area contributed by atoms with E-state index >= 15 is 0 Å². The van der Waals surface area contributed by atoms with Gasteiger partial charge in [-0.15, -0.1) is 0 Å². The molecule has 1 saturated carbocycles. The molecule has 7 N–H and O–H groups in total. The second kappa shape index (κ2) is 9.89. The lowest BCUT2D eigenvalue weighted by Crippen LogP contribution is -2.65. The number of ketones is 2. The van der Waals surface area contributed by atoms with Gasteiger partial charge in [0.05, 0.1) is 17.3 Å². The summed E-state index contributed by atoms with van der Waals surface area (Å²) < 4.78 is 0. The molecule has 0 spiro atoms. The molecule has 1 aromatic carbocycles. The molecule has 1 unspecified atom stereocenters. The fraction of sp³-hybridized carbons (Fsp3) is 0.379. The Balaban J connectivity index is 1.68. The Labute approximate surface area is 236 Å². The summed E-state index contributed by atoms with van der Waals surface area (Å²) in [6.07, 6.45) is 3.55. The fourth-order valence-corrected chi connectivity index (χ4v) is 6.53. The summed E-state index contributed by atoms with van der Waals surface area (Å²) in [5, 5.41) is 48.9. The molecule has 4 atom stereocenters. The average molecular weight is 564 g/mol. The number of aromatic nitrogens is 1. The maximum Gasteiger partial charge on any atom is 0.255 e. The number of nitrogens with one attached hydrogen (secondary N) is 1. The average Bonchev–Trinajstić information content (AvgIpc) is 2.90. The van der Waals surface area contributed by atoms with Gasteiger partial charge in [-0.1, -0.05) is 6.07 Å². The van der Waals surface area contributed by atoms with Crippen molar-refractivity contribution in [3.8, 4) is 5.75 Å². The third-order valence-electron chi connectivity index (χ3n) is 8.38. The molecule has 0 aliphatic heterocycles. The predicted molar refractivity (Wildman–Crippen MR) is 150 cm³/mol. The maximum absolute atomic E-state index is 14.1. The number of carbonyl (C=O) groups is 3. The summed E-state index contributed by atoms with van der Waals surface area (Å²) in [6.45, 7) is 0.321. The van der Waals surface area contributed by atoms with E-state index in [2.05, 4.69) is 10.3 Å². The van der Waals surface area contributed by atoms with Crippen molar-refractivity contribution >= 4 is 34.6 Å². The normalized spacial score (nSPS) is 25.6. The Bertz CT molecular complexity index is 1530. The van der Waals surface area contributed by atoms with E-state index in [4.69, 9.17) is 5.73 Å². The van der Waals surface area contributed by atoms with Gasteiger partial charge in [0, 0.05) is 50.2 Å². The Morgan fingerprint density at radius 1 is 1.20 bits per heavy atom. The van der Waals surface area contributed by atoms with Crippen LogP contribution in [0.4, 0.5) is 11.4 Å². The number of phenolic OH excluding ortho intramolecular Hbond substituents is 1. The van der Waals surface area contributed by atoms with E-state index in [1.54, 1.807) is 38.6 Å². The minimum absolute atomic E-state index is 0.0282. The van der Waals surface area contributed by atoms with E-state index in [1.807, 2.05) is 25.1 Å². The highest BCUT2D eigenvalue weighted by atomic mass is 16.3. The zero-order valence-corrected chi connectivity index (χ0v) is 23.2. The summed E-state index contributed by atoms with van der Waals surface area (Å²) >= 11 is 0. The molecule has 5 rings (SSSR count). The predicted octanol–water partition coefficient (Wildman–Crippen LogP) is 1.04. The number of nitrogens with two attached hydrogens (primary N) is 1. The second-order valence-corrected chi connectivity index (χ2v) is 11.2. The van der Waals surface area contributed by atoms with Gasteiger partial charge in [0.25, 0.3) is 5.91 Å². The third-order valence-corrected chi connectivity index (χ3v) is 8.38. The molecule has 3 aliphatic carbocycles. The van der Waals surface area contributed by atoms with Crippen LogP contribution >= 0.6 is 0 Å². The number of amides is 1. The van der Waals surface area contributed by atoms with E-state index in [-0.39, 0.29) is 29.7 Å². The number of aromatic hydroxyl groups is 1. The highest BCUT2D eigenvalue weighted by Gasteiger charge is 2.64. The van der Waals surface area contributed by atoms with Gasteiger partial charge in [0.15, 0.2) is 11.4 Å². The van der Waals surface area contributed by atoms with Gasteiger partial charge in [-0.2, -0.15) is 0 Å². The van der Waals surface area contributed by atoms with Crippen LogP contribution in [0.25, 0.3) is 5.76 Å². The SMILES string of the molecule is CN(C)c1cc(NCc2cccnc2)c(O)c2c1C[C@H]1C[C@H]3C(N(C)C)C(=O)C(C(N)=O)=C(O)[C@@]3(O)C(=O)C1=C2O. The summed E-state index contributed by atoms with van der Waals surface area (Å²) in [5.74, 6) is -6.81. The van der Waals surface area contributed by atoms with Crippen molar-refractivity contribution in [2.24, 2.45) is 17.6 Å². The number of carbonyl (C=O) groups excluding carboxylic acids is 3. The largest absolute Gasteiger partial charge is 0.508 e. The molecule has 0 bridgehead atoms. The van der Waals surface area contributed by atoms with E-state index < -0.39 is 58.0 Å². The molecule has 1 heterocycles. The molecular weight excluding hydrogens is 530 g/mol. The molecular formula is C29H33N5O7. The van der Waals surface area contributed by atoms with Crippen LogP contribution in [0.1, 0.15) is 23.1 Å². The van der Waals surface area contributed by atoms with Crippen LogP contribution in [0.15, 0.2) is 47.5 Å². The molecule has 0 saturated heterocycles. The number of anilines is 2. The molecule has 1 fully saturated rings. The number of rotatable bonds is 6. The van der Waals surface area contributed by atoms with Gasteiger partial charge in [0.2, 0.25) is 5.78 Å². The number of likely N-dealkylation sites (N-methyl/N-ethyl adjacent to an activating group) is 1. The number of hydrogen-bond donors (Lipinski definition) is 6. The van der Waals surface area contributed by atoms with Crippen molar-refractivity contribution in [2.45, 2.75) is 31.0 Å². The molecule has 216 valence electrons. The van der Waals surface area contributed by atoms with Gasteiger partial charge >= 0.3 is 0 Å². The van der Waals surface area contributed by atoms with Crippen molar-refractivity contribution in [2.75, 3.05) is 38.4 Å². The molecule has 0 radical (unpaired) electrons. The summed E-state index contributed by atoms with van der Waals surface area (Å²) in [7, 11) is 6.76. The van der Waals surface area contributed by atoms with Gasteiger partial charge in [-0.3, -0.25) is 24.3 Å². The number of fused-ring (bicyclic) bond motifs is 3. The van der Waals surface area contributed by atoms with Crippen LogP contribution in [-0.4, -0.2) is 87.6 Å². The van der Waals surface area contributed by atoms with Gasteiger partial charge in [-0.25, -0.2) is 0 Å². The summed E-state index contributed by atoms with van der Waals surface area (Å²) in [6, 6.07) is 4.27. The first-order chi connectivity index (χ1) is 19.3. The second-order valence-electron chi connectivity index (χ2n) is 11.2. The summed E-state index contributed by atoms with van der Waals surface area (Å²) in [5.41, 5.74) is 4.13. The monoisotopic (exact) mass is 563 g/mol. The first-order valence-electron chi connectivity index (χ1n) is 13.1. The molecule has 12 nitrogen and oxygen atoms in total. The van der Waals surface area contributed by atoms with Crippen LogP contribution in [0.3, 0.4) is 0 Å². The third kappa shape index (κ3) is 4.13. The van der Waals surface area contributed by atoms with Gasteiger partial charge in [0.1, 0.15) is 22.8 Å². The van der Waals surface area contributed by atoms with Crippen molar-refractivity contribution in [3.05, 3.63) is 64.2 Å². The fourth-order valence-electron chi connectivity index (χ4n) is 6.53. The number of hydrogen-bond acceptors (Lipinski definition) is 11. The number of aliphatic hydroxyl groups is 3. The standard InChI is InChI=1S/C29H33N5O7/c1-33(2)18-10-17(32-12-13-6-5-7-31-11-13)23(35)20-15(18)8-14-9-16-22(34(3)4)25(37)21(28(30)40)27(39)29(16,41)26(38)19(14)24(20)36/h5-7,10-11,14,16,22,32,35-36,39,41H,8-9,12H2,1-4H3,(H2,30,40)/t14-,16-,22?,29-/m0/s1. The first-order valence-corrected chi connectivity index (χ1v) is 13.1. The lowest BCUT2D eigenvalue weighted by Gasteiger charge is -2.50. The molecule has 1 aromatic heterocycles. The maximum atomic E-state index is 14.1. The zero-order valence-electron chi connectivity index (χ0n) is 23.2. The van der Waals surface area contributed by atoms with Gasteiger partial charge in [-0.05, 0) is 56.1 Å². The van der Waals surface area contributed by atoms with Crippen molar-refractivity contribution < 1.29 is 34.8 Å². The quantitative estimate of drug-likeness (QED) is 0.217. The number of benzene rings is 1. The number of Topliss-reactive ketones (excluding diaryl/α,β-unsaturated/α-hetero) is 2. The number of nitrogens with zero attached hydrogens (tertiary/aromatic N) is 3. The van der Waals surface area contributed by atoms with Gasteiger partial charge < -0.3 is 36.4 Å². The van der Waals surface area contributed by atoms with Crippen LogP contribution in [-0.2, 0) is 27.3 Å². The van der Waals surface area contributed by atoms with E-state index in [0.29, 0.717) is 23.5 Å².